The largest absolute Gasteiger partial charge is 0.322 e. The normalized spacial score (nSPS) is 14.3. The molecule has 94 valence electrons. The Morgan fingerprint density at radius 1 is 1.28 bits per heavy atom. The number of hydrogen-bond acceptors (Lipinski definition) is 3. The van der Waals surface area contributed by atoms with Gasteiger partial charge in [0.25, 0.3) is 5.69 Å². The minimum Gasteiger partial charge on any atom is -0.321 e. The molecular weight excluding hydrogens is 234 g/mol. The van der Waals surface area contributed by atoms with Crippen LogP contribution in [0.25, 0.3) is 0 Å². The summed E-state index contributed by atoms with van der Waals surface area (Å²) in [7, 11) is 0. The number of amides is 2. The fourth-order valence-corrected chi connectivity index (χ4v) is 1.69. The van der Waals surface area contributed by atoms with Crippen molar-refractivity contribution in [3.8, 4) is 0 Å². The van der Waals surface area contributed by atoms with Gasteiger partial charge in [-0.05, 0) is 18.6 Å². The molecule has 2 rings (SSSR count). The fraction of sp³-hybridized carbons (Fsp3) is 0.250. The summed E-state index contributed by atoms with van der Waals surface area (Å²) >= 11 is 0. The first-order chi connectivity index (χ1) is 8.66. The van der Waals surface area contributed by atoms with Crippen molar-refractivity contribution in [2.45, 2.75) is 6.42 Å². The Morgan fingerprint density at radius 3 is 2.56 bits per heavy atom. The molecule has 18 heavy (non-hydrogen) atoms. The molecule has 1 aromatic carbocycles. The van der Waals surface area contributed by atoms with Crippen LogP contribution in [0.5, 0.6) is 0 Å². The van der Waals surface area contributed by atoms with E-state index in [1.807, 2.05) is 12.2 Å². The van der Waals surface area contributed by atoms with Gasteiger partial charge in [-0.25, -0.2) is 4.79 Å². The second kappa shape index (κ2) is 5.31. The first-order valence-electron chi connectivity index (χ1n) is 5.62. The summed E-state index contributed by atoms with van der Waals surface area (Å²) in [6, 6.07) is 5.59. The Bertz CT molecular complexity index is 482. The van der Waals surface area contributed by atoms with Crippen LogP contribution in [0.3, 0.4) is 0 Å². The molecule has 1 aromatic rings. The Balaban J connectivity index is 1.98. The first-order valence-corrected chi connectivity index (χ1v) is 5.62. The summed E-state index contributed by atoms with van der Waals surface area (Å²) in [6.45, 7) is 1.29. The number of carbonyl (C=O) groups is 1. The average Bonchev–Trinajstić information content (AvgIpc) is 2.40. The van der Waals surface area contributed by atoms with Gasteiger partial charge < -0.3 is 10.2 Å². The highest BCUT2D eigenvalue weighted by atomic mass is 16.6. The van der Waals surface area contributed by atoms with Crippen molar-refractivity contribution >= 4 is 17.4 Å². The van der Waals surface area contributed by atoms with E-state index in [9.17, 15) is 14.9 Å². The number of anilines is 1. The summed E-state index contributed by atoms with van der Waals surface area (Å²) in [5.74, 6) is 0. The third-order valence-corrected chi connectivity index (χ3v) is 2.67. The lowest BCUT2D eigenvalue weighted by Gasteiger charge is -2.23. The number of nitrogens with one attached hydrogen (secondary N) is 1. The number of urea groups is 1. The SMILES string of the molecule is O=C(Nc1ccc([N+](=O)[O-])cc1)N1CC=CCC1. The number of nitro groups is 1. The van der Waals surface area contributed by atoms with Gasteiger partial charge in [-0.2, -0.15) is 0 Å². The quantitative estimate of drug-likeness (QED) is 0.495. The second-order valence-electron chi connectivity index (χ2n) is 3.94. The maximum absolute atomic E-state index is 11.8. The Hall–Kier alpha value is -2.37. The molecule has 0 radical (unpaired) electrons. The standard InChI is InChI=1S/C12H13N3O3/c16-12(14-8-2-1-3-9-14)13-10-4-6-11(7-5-10)15(17)18/h1-2,4-7H,3,8-9H2,(H,13,16). The predicted molar refractivity (Wildman–Crippen MR) is 67.4 cm³/mol. The smallest absolute Gasteiger partial charge is 0.321 e. The molecule has 1 N–H and O–H groups in total. The molecule has 0 atom stereocenters. The highest BCUT2D eigenvalue weighted by Gasteiger charge is 2.14. The topological polar surface area (TPSA) is 75.5 Å². The number of nitrogens with zero attached hydrogens (tertiary/aromatic N) is 2. The maximum Gasteiger partial charge on any atom is 0.322 e. The van der Waals surface area contributed by atoms with Gasteiger partial charge in [0.1, 0.15) is 0 Å². The van der Waals surface area contributed by atoms with Gasteiger partial charge in [-0.3, -0.25) is 10.1 Å². The number of non-ortho nitro benzene ring substituents is 1. The monoisotopic (exact) mass is 247 g/mol. The third kappa shape index (κ3) is 2.85. The molecule has 0 saturated carbocycles. The van der Waals surface area contributed by atoms with Gasteiger partial charge in [0.15, 0.2) is 0 Å². The molecule has 6 heteroatoms. The van der Waals surface area contributed by atoms with E-state index in [0.717, 1.165) is 6.42 Å². The molecular formula is C12H13N3O3. The molecule has 0 spiro atoms. The van der Waals surface area contributed by atoms with Crippen LogP contribution in [-0.4, -0.2) is 28.9 Å². The molecule has 1 aliphatic heterocycles. The van der Waals surface area contributed by atoms with Crippen molar-refractivity contribution in [3.63, 3.8) is 0 Å². The Labute approximate surface area is 104 Å². The van der Waals surface area contributed by atoms with Crippen molar-refractivity contribution in [1.29, 1.82) is 0 Å². The molecule has 0 aromatic heterocycles. The van der Waals surface area contributed by atoms with E-state index in [2.05, 4.69) is 5.32 Å². The second-order valence-corrected chi connectivity index (χ2v) is 3.94. The Kier molecular flexibility index (Phi) is 3.57. The highest BCUT2D eigenvalue weighted by Crippen LogP contribution is 2.16. The number of carbonyl (C=O) groups excluding carboxylic acids is 1. The van der Waals surface area contributed by atoms with E-state index in [1.165, 1.54) is 24.3 Å². The van der Waals surface area contributed by atoms with Crippen molar-refractivity contribution < 1.29 is 9.72 Å². The lowest BCUT2D eigenvalue weighted by Crippen LogP contribution is -2.37. The van der Waals surface area contributed by atoms with Crippen molar-refractivity contribution in [1.82, 2.24) is 4.90 Å². The van der Waals surface area contributed by atoms with E-state index >= 15 is 0 Å². The summed E-state index contributed by atoms with van der Waals surface area (Å²) in [6.07, 6.45) is 4.84. The lowest BCUT2D eigenvalue weighted by atomic mass is 10.2. The predicted octanol–water partition coefficient (Wildman–Crippen LogP) is 2.39. The number of hydrogen-bond donors (Lipinski definition) is 1. The molecule has 0 aliphatic carbocycles. The first kappa shape index (κ1) is 12.1. The van der Waals surface area contributed by atoms with Gasteiger partial charge in [0, 0.05) is 30.9 Å². The minimum atomic E-state index is -0.471. The third-order valence-electron chi connectivity index (χ3n) is 2.67. The van der Waals surface area contributed by atoms with Crippen LogP contribution in [-0.2, 0) is 0 Å². The molecule has 0 saturated heterocycles. The van der Waals surface area contributed by atoms with Crippen molar-refractivity contribution in [2.24, 2.45) is 0 Å². The van der Waals surface area contributed by atoms with Crippen LogP contribution in [0, 0.1) is 10.1 Å². The van der Waals surface area contributed by atoms with E-state index < -0.39 is 4.92 Å². The van der Waals surface area contributed by atoms with Crippen molar-refractivity contribution in [3.05, 3.63) is 46.5 Å². The van der Waals surface area contributed by atoms with Crippen LogP contribution in [0.15, 0.2) is 36.4 Å². The molecule has 0 bridgehead atoms. The summed E-state index contributed by atoms with van der Waals surface area (Å²) in [4.78, 5) is 23.5. The zero-order valence-corrected chi connectivity index (χ0v) is 9.70. The van der Waals surface area contributed by atoms with Crippen LogP contribution in [0.2, 0.25) is 0 Å². The van der Waals surface area contributed by atoms with Crippen molar-refractivity contribution in [2.75, 3.05) is 18.4 Å². The molecule has 0 fully saturated rings. The number of rotatable bonds is 2. The van der Waals surface area contributed by atoms with E-state index in [4.69, 9.17) is 0 Å². The van der Waals surface area contributed by atoms with E-state index in [0.29, 0.717) is 18.8 Å². The lowest BCUT2D eigenvalue weighted by molar-refractivity contribution is -0.384. The molecule has 0 unspecified atom stereocenters. The van der Waals surface area contributed by atoms with Crippen LogP contribution in [0.4, 0.5) is 16.2 Å². The molecule has 1 heterocycles. The van der Waals surface area contributed by atoms with Crippen LogP contribution < -0.4 is 5.32 Å². The summed E-state index contributed by atoms with van der Waals surface area (Å²) < 4.78 is 0. The zero-order valence-electron chi connectivity index (χ0n) is 9.70. The highest BCUT2D eigenvalue weighted by molar-refractivity contribution is 5.89. The minimum absolute atomic E-state index is 0.00825. The average molecular weight is 247 g/mol. The van der Waals surface area contributed by atoms with Gasteiger partial charge in [-0.15, -0.1) is 0 Å². The summed E-state index contributed by atoms with van der Waals surface area (Å²) in [5.41, 5.74) is 0.564. The summed E-state index contributed by atoms with van der Waals surface area (Å²) in [5, 5.41) is 13.2. The maximum atomic E-state index is 11.8. The van der Waals surface area contributed by atoms with Gasteiger partial charge in [0.2, 0.25) is 0 Å². The van der Waals surface area contributed by atoms with Crippen LogP contribution in [0.1, 0.15) is 6.42 Å². The number of benzene rings is 1. The van der Waals surface area contributed by atoms with E-state index in [-0.39, 0.29) is 11.7 Å². The van der Waals surface area contributed by atoms with E-state index in [1.54, 1.807) is 4.90 Å². The van der Waals surface area contributed by atoms with Crippen LogP contribution >= 0.6 is 0 Å². The van der Waals surface area contributed by atoms with Gasteiger partial charge in [0.05, 0.1) is 4.92 Å². The Morgan fingerprint density at radius 2 is 2.00 bits per heavy atom. The molecule has 1 aliphatic rings. The van der Waals surface area contributed by atoms with Gasteiger partial charge >= 0.3 is 6.03 Å². The zero-order chi connectivity index (χ0) is 13.0. The number of nitro benzene ring substituents is 1. The molecule has 2 amide bonds. The van der Waals surface area contributed by atoms with Gasteiger partial charge in [-0.1, -0.05) is 12.2 Å². The fourth-order valence-electron chi connectivity index (χ4n) is 1.69. The molecule has 6 nitrogen and oxygen atoms in total.